The molecular weight excluding hydrogens is 274 g/mol. The van der Waals surface area contributed by atoms with Crippen LogP contribution in [-0.2, 0) is 11.2 Å². The smallest absolute Gasteiger partial charge is 0.321 e. The molecule has 2 N–H and O–H groups in total. The summed E-state index contributed by atoms with van der Waals surface area (Å²) in [6.45, 7) is 2.11. The van der Waals surface area contributed by atoms with Crippen LogP contribution in [0.25, 0.3) is 0 Å². The maximum absolute atomic E-state index is 11.5. The molecule has 0 amide bonds. The van der Waals surface area contributed by atoms with E-state index in [-0.39, 0.29) is 6.04 Å². The third-order valence-corrected chi connectivity index (χ3v) is 4.80. The number of hydrogen-bond donors (Lipinski definition) is 2. The second kappa shape index (κ2) is 8.94. The van der Waals surface area contributed by atoms with Crippen molar-refractivity contribution in [2.24, 2.45) is 5.92 Å². The summed E-state index contributed by atoms with van der Waals surface area (Å²) in [5.74, 6) is 0.101. The Morgan fingerprint density at radius 1 is 1.23 bits per heavy atom. The fraction of sp³-hybridized carbons (Fsp3) is 0.632. The van der Waals surface area contributed by atoms with E-state index < -0.39 is 12.0 Å². The summed E-state index contributed by atoms with van der Waals surface area (Å²) in [5.41, 5.74) is 1.07. The maximum Gasteiger partial charge on any atom is 0.321 e. The molecule has 0 spiro atoms. The second-order valence-corrected chi connectivity index (χ2v) is 6.73. The predicted octanol–water partition coefficient (Wildman–Crippen LogP) is 4.02. The van der Waals surface area contributed by atoms with Gasteiger partial charge in [-0.2, -0.15) is 0 Å². The maximum atomic E-state index is 11.5. The molecule has 1 aliphatic rings. The zero-order valence-electron chi connectivity index (χ0n) is 13.6. The fourth-order valence-electron chi connectivity index (χ4n) is 3.46. The van der Waals surface area contributed by atoms with Gasteiger partial charge in [-0.15, -0.1) is 0 Å². The van der Waals surface area contributed by atoms with E-state index in [1.165, 1.54) is 38.5 Å². The molecule has 1 unspecified atom stereocenters. The van der Waals surface area contributed by atoms with E-state index in [0.717, 1.165) is 17.9 Å². The molecule has 2 rings (SSSR count). The van der Waals surface area contributed by atoms with Crippen molar-refractivity contribution in [1.29, 1.82) is 0 Å². The Bertz CT molecular complexity index is 440. The first-order valence-electron chi connectivity index (χ1n) is 8.68. The van der Waals surface area contributed by atoms with Gasteiger partial charge in [0.15, 0.2) is 0 Å². The van der Waals surface area contributed by atoms with Gasteiger partial charge in [-0.25, -0.2) is 0 Å². The lowest BCUT2D eigenvalue weighted by Crippen LogP contribution is -2.43. The van der Waals surface area contributed by atoms with Crippen LogP contribution in [0.2, 0.25) is 0 Å². The molecule has 1 aromatic carbocycles. The van der Waals surface area contributed by atoms with E-state index in [0.29, 0.717) is 6.42 Å². The number of hydrogen-bond acceptors (Lipinski definition) is 2. The average Bonchev–Trinajstić information content (AvgIpc) is 2.54. The largest absolute Gasteiger partial charge is 0.480 e. The summed E-state index contributed by atoms with van der Waals surface area (Å²) < 4.78 is 0. The van der Waals surface area contributed by atoms with Gasteiger partial charge in [-0.1, -0.05) is 62.4 Å². The highest BCUT2D eigenvalue weighted by atomic mass is 16.4. The Morgan fingerprint density at radius 2 is 1.91 bits per heavy atom. The van der Waals surface area contributed by atoms with Gasteiger partial charge >= 0.3 is 5.97 Å². The summed E-state index contributed by atoms with van der Waals surface area (Å²) in [7, 11) is 0. The highest BCUT2D eigenvalue weighted by Gasteiger charge is 2.21. The van der Waals surface area contributed by atoms with Gasteiger partial charge in [0.2, 0.25) is 0 Å². The fourth-order valence-corrected chi connectivity index (χ4v) is 3.46. The predicted molar refractivity (Wildman–Crippen MR) is 90.0 cm³/mol. The van der Waals surface area contributed by atoms with Gasteiger partial charge in [0.05, 0.1) is 0 Å². The molecule has 0 aromatic heterocycles. The van der Waals surface area contributed by atoms with Gasteiger partial charge in [0.25, 0.3) is 0 Å². The number of carboxylic acids is 1. The topological polar surface area (TPSA) is 49.3 Å². The summed E-state index contributed by atoms with van der Waals surface area (Å²) in [4.78, 5) is 11.5. The number of carboxylic acid groups (broad SMARTS) is 1. The third-order valence-electron chi connectivity index (χ3n) is 4.80. The van der Waals surface area contributed by atoms with Gasteiger partial charge in [0.1, 0.15) is 6.04 Å². The molecule has 0 bridgehead atoms. The van der Waals surface area contributed by atoms with Crippen LogP contribution >= 0.6 is 0 Å². The molecular formula is C19H29NO2. The molecule has 0 aliphatic heterocycles. The van der Waals surface area contributed by atoms with E-state index in [1.807, 2.05) is 30.3 Å². The summed E-state index contributed by atoms with van der Waals surface area (Å²) in [6, 6.07) is 9.62. The van der Waals surface area contributed by atoms with E-state index in [2.05, 4.69) is 12.2 Å². The lowest BCUT2D eigenvalue weighted by molar-refractivity contribution is -0.139. The monoisotopic (exact) mass is 303 g/mol. The minimum atomic E-state index is -0.756. The average molecular weight is 303 g/mol. The minimum absolute atomic E-state index is 0.256. The number of nitrogens with one attached hydrogen (secondary N) is 1. The van der Waals surface area contributed by atoms with Gasteiger partial charge in [0, 0.05) is 6.04 Å². The lowest BCUT2D eigenvalue weighted by atomic mass is 9.85. The van der Waals surface area contributed by atoms with Crippen LogP contribution in [-0.4, -0.2) is 23.2 Å². The molecule has 2 atom stereocenters. The third kappa shape index (κ3) is 5.80. The van der Waals surface area contributed by atoms with Crippen molar-refractivity contribution in [1.82, 2.24) is 5.32 Å². The van der Waals surface area contributed by atoms with Crippen molar-refractivity contribution >= 4 is 5.97 Å². The highest BCUT2D eigenvalue weighted by Crippen LogP contribution is 2.27. The first-order valence-corrected chi connectivity index (χ1v) is 8.68. The van der Waals surface area contributed by atoms with Crippen molar-refractivity contribution in [3.05, 3.63) is 35.9 Å². The Balaban J connectivity index is 1.78. The van der Waals surface area contributed by atoms with E-state index in [4.69, 9.17) is 0 Å². The molecule has 1 aromatic rings. The van der Waals surface area contributed by atoms with Gasteiger partial charge in [-0.3, -0.25) is 4.79 Å². The van der Waals surface area contributed by atoms with Crippen molar-refractivity contribution in [3.8, 4) is 0 Å². The highest BCUT2D eigenvalue weighted by molar-refractivity contribution is 5.74. The van der Waals surface area contributed by atoms with E-state index >= 15 is 0 Å². The molecule has 1 fully saturated rings. The summed E-state index contributed by atoms with van der Waals surface area (Å²) in [5, 5.41) is 12.7. The van der Waals surface area contributed by atoms with Crippen LogP contribution in [0.1, 0.15) is 57.4 Å². The van der Waals surface area contributed by atoms with Crippen molar-refractivity contribution in [3.63, 3.8) is 0 Å². The van der Waals surface area contributed by atoms with Crippen molar-refractivity contribution in [2.45, 2.75) is 70.4 Å². The molecule has 1 aliphatic carbocycles. The van der Waals surface area contributed by atoms with Gasteiger partial charge < -0.3 is 10.4 Å². The molecule has 122 valence electrons. The second-order valence-electron chi connectivity index (χ2n) is 6.73. The first-order chi connectivity index (χ1) is 10.6. The number of aliphatic carboxylic acids is 1. The van der Waals surface area contributed by atoms with Crippen LogP contribution in [0.15, 0.2) is 30.3 Å². The molecule has 3 nitrogen and oxygen atoms in total. The van der Waals surface area contributed by atoms with Crippen LogP contribution in [0.3, 0.4) is 0 Å². The van der Waals surface area contributed by atoms with Crippen LogP contribution in [0.5, 0.6) is 0 Å². The quantitative estimate of drug-likeness (QED) is 0.762. The Labute approximate surface area is 134 Å². The summed E-state index contributed by atoms with van der Waals surface area (Å²) >= 11 is 0. The van der Waals surface area contributed by atoms with Crippen molar-refractivity contribution < 1.29 is 9.90 Å². The number of benzene rings is 1. The van der Waals surface area contributed by atoms with Crippen LogP contribution in [0, 0.1) is 5.92 Å². The first kappa shape index (κ1) is 17.0. The molecule has 0 saturated heterocycles. The number of rotatable bonds is 8. The normalized spacial score (nSPS) is 18.8. The standard InChI is InChI=1S/C19H29NO2/c1-15(12-13-16-8-4-2-5-9-16)20-18(19(21)22)14-17-10-6-3-7-11-17/h3,6-7,10-11,15-16,18,20H,2,4-5,8-9,12-14H2,1H3,(H,21,22)/t15?,18-/m1/s1. The van der Waals surface area contributed by atoms with E-state index in [9.17, 15) is 9.90 Å². The molecule has 0 radical (unpaired) electrons. The number of carbonyl (C=O) groups is 1. The summed E-state index contributed by atoms with van der Waals surface area (Å²) in [6.07, 6.45) is 9.70. The Morgan fingerprint density at radius 3 is 2.55 bits per heavy atom. The molecule has 3 heteroatoms. The SMILES string of the molecule is CC(CCC1CCCCC1)N[C@H](Cc1ccccc1)C(=O)O. The van der Waals surface area contributed by atoms with Crippen molar-refractivity contribution in [2.75, 3.05) is 0 Å². The van der Waals surface area contributed by atoms with E-state index in [1.54, 1.807) is 0 Å². The molecule has 1 saturated carbocycles. The lowest BCUT2D eigenvalue weighted by Gasteiger charge is -2.25. The van der Waals surface area contributed by atoms with Crippen LogP contribution in [0.4, 0.5) is 0 Å². The molecule has 0 heterocycles. The van der Waals surface area contributed by atoms with Gasteiger partial charge in [-0.05, 0) is 37.7 Å². The zero-order valence-corrected chi connectivity index (χ0v) is 13.6. The molecule has 22 heavy (non-hydrogen) atoms. The minimum Gasteiger partial charge on any atom is -0.480 e. The Kier molecular flexibility index (Phi) is 6.91. The Hall–Kier alpha value is -1.35. The zero-order chi connectivity index (χ0) is 15.8. The van der Waals surface area contributed by atoms with Crippen LogP contribution < -0.4 is 5.32 Å².